The van der Waals surface area contributed by atoms with E-state index in [0.29, 0.717) is 42.2 Å². The van der Waals surface area contributed by atoms with Gasteiger partial charge in [-0.2, -0.15) is 0 Å². The fourth-order valence-electron chi connectivity index (χ4n) is 4.24. The molecule has 1 atom stereocenters. The molecule has 4 rings (SSSR count). The van der Waals surface area contributed by atoms with Gasteiger partial charge in [0, 0.05) is 55.7 Å². The Morgan fingerprint density at radius 3 is 2.59 bits per heavy atom. The van der Waals surface area contributed by atoms with Gasteiger partial charge in [-0.3, -0.25) is 14.4 Å². The molecule has 1 saturated carbocycles. The third-order valence-corrected chi connectivity index (χ3v) is 6.29. The lowest BCUT2D eigenvalue weighted by Gasteiger charge is -2.25. The minimum atomic E-state index is -0.569. The van der Waals surface area contributed by atoms with Crippen molar-refractivity contribution in [3.63, 3.8) is 0 Å². The average molecular weight is 454 g/mol. The molecule has 2 aromatic rings. The smallest absolute Gasteiger partial charge is 0.321 e. The third-order valence-electron chi connectivity index (χ3n) is 6.04. The van der Waals surface area contributed by atoms with Crippen LogP contribution in [0, 0.1) is 0 Å². The Hall–Kier alpha value is -3.19. The first-order valence-corrected chi connectivity index (χ1v) is 10.9. The number of hydrogen-bond acceptors (Lipinski definition) is 4. The van der Waals surface area contributed by atoms with E-state index in [9.17, 15) is 19.2 Å². The number of carbonyl (C=O) groups excluding carboxylic acids is 4. The van der Waals surface area contributed by atoms with Crippen LogP contribution >= 0.6 is 11.6 Å². The summed E-state index contributed by atoms with van der Waals surface area (Å²) in [5, 5.41) is 3.40. The molecule has 2 aromatic carbocycles. The van der Waals surface area contributed by atoms with E-state index in [-0.39, 0.29) is 36.3 Å². The van der Waals surface area contributed by atoms with Gasteiger partial charge in [-0.25, -0.2) is 4.79 Å². The van der Waals surface area contributed by atoms with Crippen LogP contribution in [0.5, 0.6) is 0 Å². The second-order valence-electron chi connectivity index (χ2n) is 8.23. The number of carbonyl (C=O) groups is 4. The zero-order valence-corrected chi connectivity index (χ0v) is 18.5. The van der Waals surface area contributed by atoms with E-state index >= 15 is 0 Å². The molecule has 7 nitrogen and oxygen atoms in total. The topological polar surface area (TPSA) is 86.8 Å². The minimum absolute atomic E-state index is 0.0574. The van der Waals surface area contributed by atoms with Gasteiger partial charge in [-0.15, -0.1) is 0 Å². The molecule has 3 amide bonds. The molecule has 0 saturated heterocycles. The fourth-order valence-corrected chi connectivity index (χ4v) is 4.37. The summed E-state index contributed by atoms with van der Waals surface area (Å²) in [6, 6.07) is 11.4. The van der Waals surface area contributed by atoms with Crippen molar-refractivity contribution in [2.75, 3.05) is 12.4 Å². The average Bonchev–Trinajstić information content (AvgIpc) is 3.01. The Bertz CT molecular complexity index is 1080. The van der Waals surface area contributed by atoms with E-state index in [2.05, 4.69) is 5.32 Å². The number of nitrogens with one attached hydrogen (secondary N) is 1. The van der Waals surface area contributed by atoms with E-state index in [4.69, 9.17) is 11.6 Å². The van der Waals surface area contributed by atoms with Gasteiger partial charge in [0.15, 0.2) is 5.78 Å². The van der Waals surface area contributed by atoms with Gasteiger partial charge in [0.05, 0.1) is 6.04 Å². The standard InChI is InChI=1S/C24H24ClN3O4/c1-27(24(32)26-17-7-5-16(25)6-8-17)13-15-3-2-4-19-20(15)14-28(23(19)31)21-11-9-18(29)10-12-22(21)30/h2-8,21H,9-14H2,1H3,(H,26,32). The number of rotatable bonds is 4. The summed E-state index contributed by atoms with van der Waals surface area (Å²) in [5.74, 6) is -0.181. The Labute approximate surface area is 191 Å². The predicted molar refractivity (Wildman–Crippen MR) is 121 cm³/mol. The van der Waals surface area contributed by atoms with Crippen LogP contribution in [0.4, 0.5) is 10.5 Å². The zero-order chi connectivity index (χ0) is 22.8. The Morgan fingerprint density at radius 1 is 1.09 bits per heavy atom. The number of nitrogens with zero attached hydrogens (tertiary/aromatic N) is 2. The number of halogens is 1. The van der Waals surface area contributed by atoms with Crippen molar-refractivity contribution < 1.29 is 19.2 Å². The summed E-state index contributed by atoms with van der Waals surface area (Å²) in [4.78, 5) is 53.1. The summed E-state index contributed by atoms with van der Waals surface area (Å²) < 4.78 is 0. The molecule has 166 valence electrons. The van der Waals surface area contributed by atoms with Crippen molar-refractivity contribution in [2.24, 2.45) is 0 Å². The molecule has 1 aliphatic carbocycles. The van der Waals surface area contributed by atoms with Crippen molar-refractivity contribution in [1.82, 2.24) is 9.80 Å². The number of hydrogen-bond donors (Lipinski definition) is 1. The largest absolute Gasteiger partial charge is 0.324 e. The first kappa shape index (κ1) is 22.0. The summed E-state index contributed by atoms with van der Waals surface area (Å²) in [5.41, 5.74) is 2.86. The van der Waals surface area contributed by atoms with Crippen LogP contribution < -0.4 is 5.32 Å². The van der Waals surface area contributed by atoms with Gasteiger partial charge >= 0.3 is 6.03 Å². The number of amides is 3. The fraction of sp³-hybridized carbons (Fsp3) is 0.333. The molecule has 2 aliphatic rings. The number of Topliss-reactive ketones (excluding diaryl/α,β-unsaturated/α-hetero) is 2. The lowest BCUT2D eigenvalue weighted by atomic mass is 10.0. The monoisotopic (exact) mass is 453 g/mol. The van der Waals surface area contributed by atoms with Crippen molar-refractivity contribution >= 4 is 40.8 Å². The lowest BCUT2D eigenvalue weighted by Crippen LogP contribution is -2.40. The number of fused-ring (bicyclic) bond motifs is 1. The molecular formula is C24H24ClN3O4. The van der Waals surface area contributed by atoms with E-state index in [1.54, 1.807) is 48.3 Å². The van der Waals surface area contributed by atoms with Crippen LogP contribution in [0.25, 0.3) is 0 Å². The molecular weight excluding hydrogens is 430 g/mol. The SMILES string of the molecule is CN(Cc1cccc2c1CN(C1CCC(=O)CCC1=O)C2=O)C(=O)Nc1ccc(Cl)cc1. The van der Waals surface area contributed by atoms with Crippen LogP contribution in [-0.2, 0) is 22.7 Å². The Balaban J connectivity index is 1.48. The maximum atomic E-state index is 13.1. The number of anilines is 1. The Morgan fingerprint density at radius 2 is 1.84 bits per heavy atom. The molecule has 0 aromatic heterocycles. The molecule has 1 fully saturated rings. The van der Waals surface area contributed by atoms with Crippen LogP contribution in [-0.4, -0.2) is 46.4 Å². The first-order valence-electron chi connectivity index (χ1n) is 10.6. The molecule has 0 bridgehead atoms. The zero-order valence-electron chi connectivity index (χ0n) is 17.8. The van der Waals surface area contributed by atoms with Gasteiger partial charge < -0.3 is 15.1 Å². The van der Waals surface area contributed by atoms with E-state index < -0.39 is 6.04 Å². The van der Waals surface area contributed by atoms with Gasteiger partial charge in [0.2, 0.25) is 0 Å². The normalized spacial score (nSPS) is 18.4. The number of benzene rings is 2. The number of urea groups is 1. The molecule has 1 aliphatic heterocycles. The minimum Gasteiger partial charge on any atom is -0.324 e. The van der Waals surface area contributed by atoms with Crippen molar-refractivity contribution in [2.45, 2.75) is 44.8 Å². The van der Waals surface area contributed by atoms with Gasteiger partial charge in [-0.1, -0.05) is 23.7 Å². The molecule has 32 heavy (non-hydrogen) atoms. The van der Waals surface area contributed by atoms with Crippen molar-refractivity contribution in [3.05, 3.63) is 64.2 Å². The highest BCUT2D eigenvalue weighted by molar-refractivity contribution is 6.30. The van der Waals surface area contributed by atoms with Crippen LogP contribution in [0.3, 0.4) is 0 Å². The van der Waals surface area contributed by atoms with Crippen LogP contribution in [0.1, 0.15) is 47.2 Å². The molecule has 1 heterocycles. The molecule has 1 unspecified atom stereocenters. The highest BCUT2D eigenvalue weighted by atomic mass is 35.5. The maximum absolute atomic E-state index is 13.1. The summed E-state index contributed by atoms with van der Waals surface area (Å²) >= 11 is 5.88. The quantitative estimate of drug-likeness (QED) is 0.708. The first-order chi connectivity index (χ1) is 15.3. The van der Waals surface area contributed by atoms with E-state index in [1.807, 2.05) is 6.07 Å². The summed E-state index contributed by atoms with van der Waals surface area (Å²) in [6.07, 6.45) is 1.13. The highest BCUT2D eigenvalue weighted by Gasteiger charge is 2.38. The lowest BCUT2D eigenvalue weighted by molar-refractivity contribution is -0.124. The third kappa shape index (κ3) is 4.53. The molecule has 8 heteroatoms. The van der Waals surface area contributed by atoms with E-state index in [1.165, 1.54) is 4.90 Å². The Kier molecular flexibility index (Phi) is 6.28. The molecule has 1 N–H and O–H groups in total. The van der Waals surface area contributed by atoms with Gasteiger partial charge in [0.25, 0.3) is 5.91 Å². The second kappa shape index (κ2) is 9.12. The van der Waals surface area contributed by atoms with Gasteiger partial charge in [-0.05, 0) is 47.9 Å². The maximum Gasteiger partial charge on any atom is 0.321 e. The van der Waals surface area contributed by atoms with E-state index in [0.717, 1.165) is 11.1 Å². The van der Waals surface area contributed by atoms with Crippen molar-refractivity contribution in [1.29, 1.82) is 0 Å². The van der Waals surface area contributed by atoms with Crippen molar-refractivity contribution in [3.8, 4) is 0 Å². The molecule has 0 radical (unpaired) electrons. The van der Waals surface area contributed by atoms with Gasteiger partial charge in [0.1, 0.15) is 5.78 Å². The van der Waals surface area contributed by atoms with Crippen LogP contribution in [0.15, 0.2) is 42.5 Å². The summed E-state index contributed by atoms with van der Waals surface area (Å²) in [7, 11) is 1.68. The second-order valence-corrected chi connectivity index (χ2v) is 8.67. The van der Waals surface area contributed by atoms with Crippen LogP contribution in [0.2, 0.25) is 5.02 Å². The summed E-state index contributed by atoms with van der Waals surface area (Å²) in [6.45, 7) is 0.613. The number of ketones is 2. The highest BCUT2D eigenvalue weighted by Crippen LogP contribution is 2.31. The molecule has 0 spiro atoms. The predicted octanol–water partition coefficient (Wildman–Crippen LogP) is 4.04.